The molecule has 1 aromatic carbocycles. The van der Waals surface area contributed by atoms with Crippen LogP contribution in [0.2, 0.25) is 0 Å². The van der Waals surface area contributed by atoms with Crippen molar-refractivity contribution in [2.24, 2.45) is 0 Å². The van der Waals surface area contributed by atoms with Crippen molar-refractivity contribution in [3.8, 4) is 0 Å². The van der Waals surface area contributed by atoms with Crippen molar-refractivity contribution in [3.63, 3.8) is 0 Å². The Balaban J connectivity index is 2.29. The summed E-state index contributed by atoms with van der Waals surface area (Å²) in [4.78, 5) is 12.1. The number of aryl methyl sites for hydroxylation is 2. The van der Waals surface area contributed by atoms with Gasteiger partial charge in [0.2, 0.25) is 0 Å². The molecular weight excluding hydrogens is 255 g/mol. The average molecular weight is 274 g/mol. The molecule has 20 heavy (non-hydrogen) atoms. The maximum absolute atomic E-state index is 13.9. The first-order valence-electron chi connectivity index (χ1n) is 7.23. The first kappa shape index (κ1) is 13.2. The Kier molecular flexibility index (Phi) is 3.24. The third-order valence-corrected chi connectivity index (χ3v) is 4.09. The summed E-state index contributed by atoms with van der Waals surface area (Å²) in [7, 11) is 0. The fraction of sp³-hybridized carbons (Fsp3) is 0.438. The minimum Gasteiger partial charge on any atom is -0.349 e. The number of carbonyl (C=O) groups is 1. The number of fused-ring (bicyclic) bond motifs is 3. The van der Waals surface area contributed by atoms with Crippen molar-refractivity contribution in [2.45, 2.75) is 39.7 Å². The highest BCUT2D eigenvalue weighted by Crippen LogP contribution is 2.31. The van der Waals surface area contributed by atoms with Crippen LogP contribution in [0.3, 0.4) is 0 Å². The predicted molar refractivity (Wildman–Crippen MR) is 77.6 cm³/mol. The Labute approximate surface area is 117 Å². The molecule has 0 saturated carbocycles. The summed E-state index contributed by atoms with van der Waals surface area (Å²) in [6, 6.07) is 3.18. The molecule has 1 aliphatic rings. The molecule has 0 aliphatic carbocycles. The van der Waals surface area contributed by atoms with Gasteiger partial charge in [0, 0.05) is 18.5 Å². The van der Waals surface area contributed by atoms with Crippen molar-refractivity contribution < 1.29 is 9.18 Å². The molecular formula is C16H19FN2O. The van der Waals surface area contributed by atoms with Crippen LogP contribution in [0, 0.1) is 12.7 Å². The first-order valence-corrected chi connectivity index (χ1v) is 7.23. The Bertz CT molecular complexity index is 688. The van der Waals surface area contributed by atoms with E-state index in [2.05, 4.69) is 16.8 Å². The Morgan fingerprint density at radius 1 is 1.40 bits per heavy atom. The van der Waals surface area contributed by atoms with E-state index in [1.165, 1.54) is 0 Å². The number of nitrogens with zero attached hydrogens (tertiary/aromatic N) is 1. The van der Waals surface area contributed by atoms with Crippen molar-refractivity contribution >= 4 is 16.8 Å². The molecule has 3 rings (SSSR count). The maximum Gasteiger partial charge on any atom is 0.268 e. The number of carbonyl (C=O) groups excluding carboxylic acids is 1. The second kappa shape index (κ2) is 4.93. The lowest BCUT2D eigenvalue weighted by atomic mass is 10.0. The SMILES string of the molecule is CCCCc1cc(F)cc2c(C)c3n(c12)CCNC3=O. The first-order chi connectivity index (χ1) is 9.63. The van der Waals surface area contributed by atoms with Crippen LogP contribution < -0.4 is 5.32 Å². The molecule has 0 unspecified atom stereocenters. The van der Waals surface area contributed by atoms with E-state index in [-0.39, 0.29) is 11.7 Å². The molecule has 1 aliphatic heterocycles. The number of hydrogen-bond acceptors (Lipinski definition) is 1. The molecule has 3 nitrogen and oxygen atoms in total. The Morgan fingerprint density at radius 3 is 2.95 bits per heavy atom. The predicted octanol–water partition coefficient (Wildman–Crippen LogP) is 3.17. The van der Waals surface area contributed by atoms with Gasteiger partial charge in [0.25, 0.3) is 5.91 Å². The zero-order valence-corrected chi connectivity index (χ0v) is 11.9. The van der Waals surface area contributed by atoms with Gasteiger partial charge >= 0.3 is 0 Å². The minimum absolute atomic E-state index is 0.0493. The summed E-state index contributed by atoms with van der Waals surface area (Å²) in [5.41, 5.74) is 3.64. The van der Waals surface area contributed by atoms with Gasteiger partial charge in [-0.2, -0.15) is 0 Å². The summed E-state index contributed by atoms with van der Waals surface area (Å²) in [5, 5.41) is 3.74. The monoisotopic (exact) mass is 274 g/mol. The molecule has 1 amide bonds. The van der Waals surface area contributed by atoms with Crippen LogP contribution in [0.1, 0.15) is 41.4 Å². The minimum atomic E-state index is -0.213. The number of benzene rings is 1. The lowest BCUT2D eigenvalue weighted by molar-refractivity contribution is 0.0928. The van der Waals surface area contributed by atoms with Gasteiger partial charge in [0.05, 0.1) is 5.52 Å². The molecule has 0 bridgehead atoms. The second-order valence-corrected chi connectivity index (χ2v) is 5.45. The number of nitrogens with one attached hydrogen (secondary N) is 1. The van der Waals surface area contributed by atoms with E-state index in [0.717, 1.165) is 47.8 Å². The largest absolute Gasteiger partial charge is 0.349 e. The molecule has 0 spiro atoms. The number of amides is 1. The molecule has 1 N–H and O–H groups in total. The van der Waals surface area contributed by atoms with Crippen molar-refractivity contribution in [1.82, 2.24) is 9.88 Å². The number of halogens is 1. The van der Waals surface area contributed by atoms with Crippen LogP contribution >= 0.6 is 0 Å². The van der Waals surface area contributed by atoms with Gasteiger partial charge in [0.15, 0.2) is 0 Å². The molecule has 0 atom stereocenters. The normalized spacial score (nSPS) is 14.4. The molecule has 0 saturated heterocycles. The number of unbranched alkanes of at least 4 members (excludes halogenated alkanes) is 1. The van der Waals surface area contributed by atoms with Gasteiger partial charge in [-0.15, -0.1) is 0 Å². The Morgan fingerprint density at radius 2 is 2.20 bits per heavy atom. The van der Waals surface area contributed by atoms with E-state index in [1.54, 1.807) is 12.1 Å². The van der Waals surface area contributed by atoms with E-state index in [4.69, 9.17) is 0 Å². The van der Waals surface area contributed by atoms with Gasteiger partial charge in [-0.05, 0) is 43.0 Å². The number of aromatic nitrogens is 1. The lowest BCUT2D eigenvalue weighted by Gasteiger charge is -2.18. The smallest absolute Gasteiger partial charge is 0.268 e. The lowest BCUT2D eigenvalue weighted by Crippen LogP contribution is -2.35. The van der Waals surface area contributed by atoms with E-state index in [1.807, 2.05) is 6.92 Å². The van der Waals surface area contributed by atoms with Crippen LogP contribution in [-0.2, 0) is 13.0 Å². The molecule has 0 fully saturated rings. The van der Waals surface area contributed by atoms with Gasteiger partial charge in [-0.3, -0.25) is 4.79 Å². The van der Waals surface area contributed by atoms with Gasteiger partial charge in [-0.25, -0.2) is 4.39 Å². The van der Waals surface area contributed by atoms with E-state index in [9.17, 15) is 9.18 Å². The quantitative estimate of drug-likeness (QED) is 0.916. The summed E-state index contributed by atoms with van der Waals surface area (Å²) in [5.74, 6) is -0.262. The fourth-order valence-corrected chi connectivity index (χ4v) is 3.14. The zero-order chi connectivity index (χ0) is 14.3. The van der Waals surface area contributed by atoms with Crippen LogP contribution in [-0.4, -0.2) is 17.0 Å². The highest BCUT2D eigenvalue weighted by Gasteiger charge is 2.25. The third-order valence-electron chi connectivity index (χ3n) is 4.09. The van der Waals surface area contributed by atoms with Crippen LogP contribution in [0.5, 0.6) is 0 Å². The Hall–Kier alpha value is -1.84. The summed E-state index contributed by atoms with van der Waals surface area (Å²) in [6.07, 6.45) is 2.96. The fourth-order valence-electron chi connectivity index (χ4n) is 3.14. The molecule has 0 radical (unpaired) electrons. The molecule has 2 heterocycles. The van der Waals surface area contributed by atoms with E-state index in [0.29, 0.717) is 12.2 Å². The topological polar surface area (TPSA) is 34.0 Å². The highest BCUT2D eigenvalue weighted by atomic mass is 19.1. The maximum atomic E-state index is 13.9. The molecule has 1 aromatic heterocycles. The van der Waals surface area contributed by atoms with Crippen LogP contribution in [0.25, 0.3) is 10.9 Å². The van der Waals surface area contributed by atoms with E-state index >= 15 is 0 Å². The zero-order valence-electron chi connectivity index (χ0n) is 11.9. The summed E-state index contributed by atoms with van der Waals surface area (Å²) in [6.45, 7) is 5.43. The van der Waals surface area contributed by atoms with Crippen molar-refractivity contribution in [1.29, 1.82) is 0 Å². The molecule has 4 heteroatoms. The van der Waals surface area contributed by atoms with Crippen molar-refractivity contribution in [3.05, 3.63) is 34.8 Å². The summed E-state index contributed by atoms with van der Waals surface area (Å²) >= 11 is 0. The van der Waals surface area contributed by atoms with Crippen LogP contribution in [0.4, 0.5) is 4.39 Å². The average Bonchev–Trinajstić information content (AvgIpc) is 2.71. The summed E-state index contributed by atoms with van der Waals surface area (Å²) < 4.78 is 15.9. The second-order valence-electron chi connectivity index (χ2n) is 5.45. The van der Waals surface area contributed by atoms with Crippen molar-refractivity contribution in [2.75, 3.05) is 6.54 Å². The third kappa shape index (κ3) is 1.90. The molecule has 2 aromatic rings. The van der Waals surface area contributed by atoms with E-state index < -0.39 is 0 Å². The van der Waals surface area contributed by atoms with Gasteiger partial charge < -0.3 is 9.88 Å². The standard InChI is InChI=1S/C16H19FN2O/c1-3-4-5-11-8-12(17)9-13-10(2)14-16(20)18-6-7-19(14)15(11)13/h8-9H,3-7H2,1-2H3,(H,18,20). The van der Waals surface area contributed by atoms with Crippen LogP contribution in [0.15, 0.2) is 12.1 Å². The van der Waals surface area contributed by atoms with Gasteiger partial charge in [0.1, 0.15) is 11.5 Å². The molecule has 106 valence electrons. The number of rotatable bonds is 3. The van der Waals surface area contributed by atoms with Gasteiger partial charge in [-0.1, -0.05) is 13.3 Å². The number of hydrogen-bond donors (Lipinski definition) is 1. The highest BCUT2D eigenvalue weighted by molar-refractivity contribution is 6.03.